The summed E-state index contributed by atoms with van der Waals surface area (Å²) < 4.78 is 6.35. The summed E-state index contributed by atoms with van der Waals surface area (Å²) in [4.78, 5) is 23.1. The van der Waals surface area contributed by atoms with Gasteiger partial charge in [-0.2, -0.15) is 0 Å². The number of ether oxygens (including phenoxy) is 1. The van der Waals surface area contributed by atoms with Crippen LogP contribution in [-0.4, -0.2) is 55.8 Å². The van der Waals surface area contributed by atoms with Crippen molar-refractivity contribution in [1.29, 1.82) is 0 Å². The highest BCUT2D eigenvalue weighted by molar-refractivity contribution is 7.99. The van der Waals surface area contributed by atoms with Gasteiger partial charge in [-0.15, -0.1) is 24.2 Å². The molecule has 0 N–H and O–H groups in total. The Balaban J connectivity index is 0.00000363. The first-order valence-electron chi connectivity index (χ1n) is 10.6. The van der Waals surface area contributed by atoms with E-state index in [1.807, 2.05) is 29.2 Å². The highest BCUT2D eigenvalue weighted by atomic mass is 35.5. The molecule has 0 aliphatic heterocycles. The maximum Gasteiger partial charge on any atom is 0.229 e. The zero-order valence-electron chi connectivity index (χ0n) is 19.2. The molecule has 0 atom stereocenters. The number of aryl methyl sites for hydroxylation is 1. The number of fused-ring (bicyclic) bond motifs is 1. The van der Waals surface area contributed by atoms with Gasteiger partial charge in [-0.25, -0.2) is 4.98 Å². The summed E-state index contributed by atoms with van der Waals surface area (Å²) in [7, 11) is 5.78. The monoisotopic (exact) mass is 493 g/mol. The third-order valence-corrected chi connectivity index (χ3v) is 7.07. The van der Waals surface area contributed by atoms with Crippen molar-refractivity contribution in [3.63, 3.8) is 0 Å². The molecule has 8 heteroatoms. The molecule has 0 radical (unpaired) electrons. The van der Waals surface area contributed by atoms with Crippen molar-refractivity contribution >= 4 is 56.8 Å². The van der Waals surface area contributed by atoms with E-state index in [0.29, 0.717) is 13.0 Å². The molecule has 0 aliphatic rings. The van der Waals surface area contributed by atoms with Crippen molar-refractivity contribution in [2.75, 3.05) is 44.9 Å². The number of nitrogens with zero attached hydrogens (tertiary/aromatic N) is 3. The number of halogens is 1. The number of rotatable bonds is 11. The summed E-state index contributed by atoms with van der Waals surface area (Å²) in [5, 5.41) is 0.807. The number of anilines is 1. The Labute approximate surface area is 205 Å². The predicted molar refractivity (Wildman–Crippen MR) is 140 cm³/mol. The molecule has 0 bridgehead atoms. The molecule has 32 heavy (non-hydrogen) atoms. The fourth-order valence-corrected chi connectivity index (χ4v) is 5.14. The molecule has 0 saturated heterocycles. The average Bonchev–Trinajstić information content (AvgIpc) is 3.19. The van der Waals surface area contributed by atoms with Crippen molar-refractivity contribution in [2.45, 2.75) is 31.1 Å². The van der Waals surface area contributed by atoms with Crippen LogP contribution < -0.4 is 9.64 Å². The van der Waals surface area contributed by atoms with Gasteiger partial charge < -0.3 is 9.64 Å². The number of methoxy groups -OCH3 is 1. The number of benzene rings is 2. The normalized spacial score (nSPS) is 10.9. The predicted octanol–water partition coefficient (Wildman–Crippen LogP) is 5.76. The standard InChI is InChI=1S/C24H31N3O2S2.ClH/c1-5-18-7-12-21-22(17-18)31-24(25-21)27(15-6-14-26(2)3)23(28)13-16-30-20-10-8-19(29-4)9-11-20;/h7-12,17H,5-6,13-16H2,1-4H3;1H. The number of thiazole rings is 1. The number of thioether (sulfide) groups is 1. The van der Waals surface area contributed by atoms with Crippen LogP contribution in [-0.2, 0) is 11.2 Å². The SMILES string of the molecule is CCc1ccc2nc(N(CCCN(C)C)C(=O)CCSc3ccc(OC)cc3)sc2c1.Cl. The number of amides is 1. The number of hydrogen-bond acceptors (Lipinski definition) is 6. The molecule has 174 valence electrons. The number of carbonyl (C=O) groups is 1. The molecule has 0 aliphatic carbocycles. The van der Waals surface area contributed by atoms with E-state index in [0.717, 1.165) is 51.1 Å². The van der Waals surface area contributed by atoms with E-state index in [1.165, 1.54) is 5.56 Å². The van der Waals surface area contributed by atoms with Crippen LogP contribution in [0.3, 0.4) is 0 Å². The van der Waals surface area contributed by atoms with Crippen LogP contribution in [0.1, 0.15) is 25.3 Å². The Hall–Kier alpha value is -1.80. The molecule has 3 rings (SSSR count). The molecule has 2 aromatic carbocycles. The van der Waals surface area contributed by atoms with Gasteiger partial charge in [0.1, 0.15) is 5.75 Å². The zero-order valence-corrected chi connectivity index (χ0v) is 21.6. The summed E-state index contributed by atoms with van der Waals surface area (Å²) in [6.07, 6.45) is 2.40. The maximum atomic E-state index is 13.2. The highest BCUT2D eigenvalue weighted by Crippen LogP contribution is 2.31. The quantitative estimate of drug-likeness (QED) is 0.318. The fourth-order valence-electron chi connectivity index (χ4n) is 3.23. The van der Waals surface area contributed by atoms with E-state index in [1.54, 1.807) is 30.2 Å². The number of aromatic nitrogens is 1. The molecule has 1 heterocycles. The largest absolute Gasteiger partial charge is 0.497 e. The van der Waals surface area contributed by atoms with Gasteiger partial charge in [0.2, 0.25) is 5.91 Å². The lowest BCUT2D eigenvalue weighted by molar-refractivity contribution is -0.118. The van der Waals surface area contributed by atoms with Gasteiger partial charge in [-0.05, 0) is 75.4 Å². The molecule has 0 fully saturated rings. The summed E-state index contributed by atoms with van der Waals surface area (Å²) in [6.45, 7) is 3.78. The Morgan fingerprint density at radius 2 is 1.88 bits per heavy atom. The third-order valence-electron chi connectivity index (χ3n) is 5.01. The van der Waals surface area contributed by atoms with Crippen molar-refractivity contribution in [1.82, 2.24) is 9.88 Å². The van der Waals surface area contributed by atoms with Gasteiger partial charge in [0, 0.05) is 23.6 Å². The minimum absolute atomic E-state index is 0. The van der Waals surface area contributed by atoms with E-state index in [4.69, 9.17) is 9.72 Å². The van der Waals surface area contributed by atoms with Crippen molar-refractivity contribution < 1.29 is 9.53 Å². The first-order chi connectivity index (χ1) is 15.0. The van der Waals surface area contributed by atoms with Crippen LogP contribution in [0.15, 0.2) is 47.4 Å². The Morgan fingerprint density at radius 1 is 1.12 bits per heavy atom. The summed E-state index contributed by atoms with van der Waals surface area (Å²) in [5.74, 6) is 1.71. The molecule has 3 aromatic rings. The molecular formula is C24H32ClN3O2S2. The highest BCUT2D eigenvalue weighted by Gasteiger charge is 2.19. The van der Waals surface area contributed by atoms with Crippen molar-refractivity contribution in [3.05, 3.63) is 48.0 Å². The van der Waals surface area contributed by atoms with E-state index < -0.39 is 0 Å². The molecule has 1 amide bonds. The molecule has 0 unspecified atom stereocenters. The van der Waals surface area contributed by atoms with Gasteiger partial charge in [0.25, 0.3) is 0 Å². The van der Waals surface area contributed by atoms with Gasteiger partial charge in [0.05, 0.1) is 17.3 Å². The Bertz CT molecular complexity index is 993. The lowest BCUT2D eigenvalue weighted by Gasteiger charge is -2.21. The van der Waals surface area contributed by atoms with Crippen LogP contribution in [0.25, 0.3) is 10.2 Å². The van der Waals surface area contributed by atoms with E-state index in [2.05, 4.69) is 44.1 Å². The summed E-state index contributed by atoms with van der Waals surface area (Å²) in [6, 6.07) is 14.3. The maximum absolute atomic E-state index is 13.2. The summed E-state index contributed by atoms with van der Waals surface area (Å²) >= 11 is 3.31. The first-order valence-corrected chi connectivity index (χ1v) is 12.4. The molecule has 0 saturated carbocycles. The molecule has 5 nitrogen and oxygen atoms in total. The van der Waals surface area contributed by atoms with E-state index in [-0.39, 0.29) is 18.3 Å². The lowest BCUT2D eigenvalue weighted by atomic mass is 10.2. The topological polar surface area (TPSA) is 45.7 Å². The van der Waals surface area contributed by atoms with Crippen LogP contribution in [0, 0.1) is 0 Å². The van der Waals surface area contributed by atoms with Crippen LogP contribution in [0.5, 0.6) is 5.75 Å². The van der Waals surface area contributed by atoms with E-state index in [9.17, 15) is 4.79 Å². The van der Waals surface area contributed by atoms with Crippen molar-refractivity contribution in [2.24, 2.45) is 0 Å². The van der Waals surface area contributed by atoms with Gasteiger partial charge in [0.15, 0.2) is 5.13 Å². The number of carbonyl (C=O) groups excluding carboxylic acids is 1. The minimum atomic E-state index is 0. The van der Waals surface area contributed by atoms with Crippen LogP contribution in [0.2, 0.25) is 0 Å². The average molecular weight is 494 g/mol. The van der Waals surface area contributed by atoms with Crippen LogP contribution >= 0.6 is 35.5 Å². The Kier molecular flexibility index (Phi) is 10.8. The second-order valence-electron chi connectivity index (χ2n) is 7.63. The zero-order chi connectivity index (χ0) is 22.2. The second kappa shape index (κ2) is 13.0. The smallest absolute Gasteiger partial charge is 0.229 e. The molecule has 1 aromatic heterocycles. The van der Waals surface area contributed by atoms with Crippen molar-refractivity contribution in [3.8, 4) is 5.75 Å². The summed E-state index contributed by atoms with van der Waals surface area (Å²) in [5.41, 5.74) is 2.26. The second-order valence-corrected chi connectivity index (χ2v) is 9.81. The number of hydrogen-bond donors (Lipinski definition) is 0. The molecular weight excluding hydrogens is 462 g/mol. The van der Waals surface area contributed by atoms with Gasteiger partial charge in [-0.1, -0.05) is 24.3 Å². The van der Waals surface area contributed by atoms with Gasteiger partial charge >= 0.3 is 0 Å². The van der Waals surface area contributed by atoms with Crippen LogP contribution in [0.4, 0.5) is 5.13 Å². The van der Waals surface area contributed by atoms with Gasteiger partial charge in [-0.3, -0.25) is 9.69 Å². The molecule has 0 spiro atoms. The lowest BCUT2D eigenvalue weighted by Crippen LogP contribution is -2.33. The minimum Gasteiger partial charge on any atom is -0.497 e. The van der Waals surface area contributed by atoms with E-state index >= 15 is 0 Å². The third kappa shape index (κ3) is 7.37. The first kappa shape index (κ1) is 26.5. The fraction of sp³-hybridized carbons (Fsp3) is 0.417. The Morgan fingerprint density at radius 3 is 2.53 bits per heavy atom.